The van der Waals surface area contributed by atoms with Crippen LogP contribution >= 0.6 is 11.3 Å². The van der Waals surface area contributed by atoms with Crippen molar-refractivity contribution < 1.29 is 0 Å². The maximum Gasteiger partial charge on any atom is 0.115 e. The molecular weight excluding hydrogens is 192 g/mol. The smallest absolute Gasteiger partial charge is 0.115 e. The Morgan fingerprint density at radius 3 is 2.71 bits per heavy atom. The molecule has 0 radical (unpaired) electrons. The minimum atomic E-state index is 1.11. The second-order valence-corrected chi connectivity index (χ2v) is 4.31. The lowest BCUT2D eigenvalue weighted by atomic mass is 10.2. The summed E-state index contributed by atoms with van der Waals surface area (Å²) in [7, 11) is 0. The molecule has 0 fully saturated rings. The molecule has 0 amide bonds. The molecule has 3 heteroatoms. The van der Waals surface area contributed by atoms with E-state index < -0.39 is 0 Å². The summed E-state index contributed by atoms with van der Waals surface area (Å²) < 4.78 is 0. The number of hydrogen-bond acceptors (Lipinski definition) is 3. The van der Waals surface area contributed by atoms with Crippen molar-refractivity contribution in [1.82, 2.24) is 9.97 Å². The van der Waals surface area contributed by atoms with E-state index in [2.05, 4.69) is 29.0 Å². The number of rotatable bonds is 3. The number of nitrogens with zero attached hydrogens (tertiary/aromatic N) is 2. The minimum absolute atomic E-state index is 1.11. The zero-order valence-corrected chi connectivity index (χ0v) is 8.92. The monoisotopic (exact) mass is 204 g/mol. The summed E-state index contributed by atoms with van der Waals surface area (Å²) in [6.45, 7) is 2.20. The van der Waals surface area contributed by atoms with Gasteiger partial charge in [-0.2, -0.15) is 0 Å². The van der Waals surface area contributed by atoms with E-state index in [1.165, 1.54) is 22.6 Å². The van der Waals surface area contributed by atoms with Crippen LogP contribution in [0.4, 0.5) is 0 Å². The SMILES string of the molecule is CCCc1ccc(-c2cncnc2)s1. The molecule has 0 bridgehead atoms. The van der Waals surface area contributed by atoms with Crippen LogP contribution in [0.25, 0.3) is 10.4 Å². The van der Waals surface area contributed by atoms with Crippen LogP contribution in [0.1, 0.15) is 18.2 Å². The van der Waals surface area contributed by atoms with Crippen molar-refractivity contribution in [2.75, 3.05) is 0 Å². The lowest BCUT2D eigenvalue weighted by Crippen LogP contribution is -1.77. The molecule has 0 saturated heterocycles. The third-order valence-electron chi connectivity index (χ3n) is 2.00. The minimum Gasteiger partial charge on any atom is -0.244 e. The number of thiophene rings is 1. The summed E-state index contributed by atoms with van der Waals surface area (Å²) in [6.07, 6.45) is 7.64. The lowest BCUT2D eigenvalue weighted by molar-refractivity contribution is 0.940. The summed E-state index contributed by atoms with van der Waals surface area (Å²) in [4.78, 5) is 10.7. The van der Waals surface area contributed by atoms with E-state index in [0.717, 1.165) is 5.56 Å². The Morgan fingerprint density at radius 2 is 2.00 bits per heavy atom. The molecule has 2 rings (SSSR count). The third kappa shape index (κ3) is 1.99. The predicted molar refractivity (Wildman–Crippen MR) is 59.3 cm³/mol. The summed E-state index contributed by atoms with van der Waals surface area (Å²) in [5, 5.41) is 0. The van der Waals surface area contributed by atoms with Crippen molar-refractivity contribution >= 4 is 11.3 Å². The van der Waals surface area contributed by atoms with E-state index in [1.54, 1.807) is 6.33 Å². The molecule has 0 aliphatic carbocycles. The normalized spacial score (nSPS) is 10.4. The van der Waals surface area contributed by atoms with E-state index in [1.807, 2.05) is 23.7 Å². The van der Waals surface area contributed by atoms with Crippen molar-refractivity contribution in [2.45, 2.75) is 19.8 Å². The molecule has 2 aromatic rings. The van der Waals surface area contributed by atoms with Gasteiger partial charge >= 0.3 is 0 Å². The summed E-state index contributed by atoms with van der Waals surface area (Å²) in [5.74, 6) is 0. The molecule has 0 spiro atoms. The Morgan fingerprint density at radius 1 is 1.21 bits per heavy atom. The fraction of sp³-hybridized carbons (Fsp3) is 0.273. The first-order chi connectivity index (χ1) is 6.90. The van der Waals surface area contributed by atoms with E-state index in [4.69, 9.17) is 0 Å². The molecule has 0 aliphatic rings. The molecule has 0 aromatic carbocycles. The average molecular weight is 204 g/mol. The molecule has 2 aromatic heterocycles. The Hall–Kier alpha value is -1.22. The van der Waals surface area contributed by atoms with E-state index >= 15 is 0 Å². The molecule has 0 unspecified atom stereocenters. The third-order valence-corrected chi connectivity index (χ3v) is 3.20. The summed E-state index contributed by atoms with van der Waals surface area (Å²) in [5.41, 5.74) is 1.11. The van der Waals surface area contributed by atoms with Crippen LogP contribution < -0.4 is 0 Å². The van der Waals surface area contributed by atoms with Crippen LogP contribution in [0.15, 0.2) is 30.9 Å². The van der Waals surface area contributed by atoms with E-state index in [0.29, 0.717) is 0 Å². The van der Waals surface area contributed by atoms with E-state index in [-0.39, 0.29) is 0 Å². The van der Waals surface area contributed by atoms with E-state index in [9.17, 15) is 0 Å². The van der Waals surface area contributed by atoms with Crippen molar-refractivity contribution in [3.63, 3.8) is 0 Å². The molecule has 0 saturated carbocycles. The Balaban J connectivity index is 2.25. The lowest BCUT2D eigenvalue weighted by Gasteiger charge is -1.93. The molecule has 2 nitrogen and oxygen atoms in total. The maximum atomic E-state index is 4.01. The largest absolute Gasteiger partial charge is 0.244 e. The number of aryl methyl sites for hydroxylation is 1. The molecule has 0 aliphatic heterocycles. The molecule has 72 valence electrons. The van der Waals surface area contributed by atoms with Crippen molar-refractivity contribution in [3.05, 3.63) is 35.7 Å². The molecule has 0 N–H and O–H groups in total. The zero-order chi connectivity index (χ0) is 9.80. The van der Waals surface area contributed by atoms with Gasteiger partial charge in [0.1, 0.15) is 6.33 Å². The van der Waals surface area contributed by atoms with Gasteiger partial charge in [0.25, 0.3) is 0 Å². The highest BCUT2D eigenvalue weighted by atomic mass is 32.1. The van der Waals surface area contributed by atoms with Gasteiger partial charge in [-0.05, 0) is 18.6 Å². The number of hydrogen-bond donors (Lipinski definition) is 0. The Labute approximate surface area is 87.7 Å². The van der Waals surface area contributed by atoms with Gasteiger partial charge in [-0.25, -0.2) is 9.97 Å². The second-order valence-electron chi connectivity index (χ2n) is 3.14. The first-order valence-corrected chi connectivity index (χ1v) is 5.56. The zero-order valence-electron chi connectivity index (χ0n) is 8.10. The topological polar surface area (TPSA) is 25.8 Å². The van der Waals surface area contributed by atoms with Crippen LogP contribution in [0.5, 0.6) is 0 Å². The first kappa shape index (κ1) is 9.34. The van der Waals surface area contributed by atoms with Gasteiger partial charge in [0.05, 0.1) is 0 Å². The fourth-order valence-electron chi connectivity index (χ4n) is 1.34. The first-order valence-electron chi connectivity index (χ1n) is 4.74. The van der Waals surface area contributed by atoms with Crippen molar-refractivity contribution in [2.24, 2.45) is 0 Å². The van der Waals surface area contributed by atoms with Gasteiger partial charge in [0.15, 0.2) is 0 Å². The van der Waals surface area contributed by atoms with Crippen LogP contribution in [-0.2, 0) is 6.42 Å². The highest BCUT2D eigenvalue weighted by Gasteiger charge is 2.01. The summed E-state index contributed by atoms with van der Waals surface area (Å²) in [6, 6.07) is 4.34. The van der Waals surface area contributed by atoms with Gasteiger partial charge in [-0.3, -0.25) is 0 Å². The Kier molecular flexibility index (Phi) is 2.89. The van der Waals surface area contributed by atoms with Gasteiger partial charge in [-0.1, -0.05) is 13.3 Å². The predicted octanol–water partition coefficient (Wildman–Crippen LogP) is 3.16. The van der Waals surface area contributed by atoms with Crippen molar-refractivity contribution in [3.8, 4) is 10.4 Å². The van der Waals surface area contributed by atoms with Gasteiger partial charge in [0, 0.05) is 27.7 Å². The number of aromatic nitrogens is 2. The van der Waals surface area contributed by atoms with Gasteiger partial charge in [0.2, 0.25) is 0 Å². The molecule has 2 heterocycles. The molecule has 0 atom stereocenters. The van der Waals surface area contributed by atoms with Gasteiger partial charge < -0.3 is 0 Å². The average Bonchev–Trinajstić information content (AvgIpc) is 2.68. The summed E-state index contributed by atoms with van der Waals surface area (Å²) >= 11 is 1.83. The van der Waals surface area contributed by atoms with Crippen LogP contribution in [-0.4, -0.2) is 9.97 Å². The van der Waals surface area contributed by atoms with Crippen molar-refractivity contribution in [1.29, 1.82) is 0 Å². The molecule has 14 heavy (non-hydrogen) atoms. The quantitative estimate of drug-likeness (QED) is 0.767. The Bertz CT molecular complexity index is 395. The van der Waals surface area contributed by atoms with Crippen LogP contribution in [0, 0.1) is 0 Å². The van der Waals surface area contributed by atoms with Crippen LogP contribution in [0.2, 0.25) is 0 Å². The molecular formula is C11H12N2S. The highest BCUT2D eigenvalue weighted by molar-refractivity contribution is 7.15. The fourth-order valence-corrected chi connectivity index (χ4v) is 2.42. The standard InChI is InChI=1S/C11H12N2S/c1-2-3-10-4-5-11(14-10)9-6-12-8-13-7-9/h4-8H,2-3H2,1H3. The second kappa shape index (κ2) is 4.33. The van der Waals surface area contributed by atoms with Crippen LogP contribution in [0.3, 0.4) is 0 Å². The highest BCUT2D eigenvalue weighted by Crippen LogP contribution is 2.27. The van der Waals surface area contributed by atoms with Gasteiger partial charge in [-0.15, -0.1) is 11.3 Å². The maximum absolute atomic E-state index is 4.01.